The van der Waals surface area contributed by atoms with E-state index in [1.165, 1.54) is 0 Å². The quantitative estimate of drug-likeness (QED) is 0.676. The van der Waals surface area contributed by atoms with E-state index in [9.17, 15) is 4.79 Å². The monoisotopic (exact) mass is 257 g/mol. The van der Waals surface area contributed by atoms with E-state index in [0.29, 0.717) is 17.7 Å². The van der Waals surface area contributed by atoms with E-state index in [-0.39, 0.29) is 5.78 Å². The Balaban J connectivity index is 2.28. The van der Waals surface area contributed by atoms with Crippen molar-refractivity contribution in [2.75, 3.05) is 5.73 Å². The minimum absolute atomic E-state index is 0.0828. The number of ketones is 1. The van der Waals surface area contributed by atoms with Crippen LogP contribution in [-0.4, -0.2) is 15.6 Å². The maximum absolute atomic E-state index is 12.4. The number of benzene rings is 1. The summed E-state index contributed by atoms with van der Waals surface area (Å²) in [4.78, 5) is 12.4. The number of carbonyl (C=O) groups excluding carboxylic acids is 1. The van der Waals surface area contributed by atoms with Gasteiger partial charge < -0.3 is 5.73 Å². The van der Waals surface area contributed by atoms with E-state index in [1.807, 2.05) is 49.7 Å². The van der Waals surface area contributed by atoms with Crippen molar-refractivity contribution in [3.63, 3.8) is 0 Å². The number of carbonyl (C=O) groups is 1. The van der Waals surface area contributed by atoms with Crippen molar-refractivity contribution in [2.45, 2.75) is 33.7 Å². The van der Waals surface area contributed by atoms with Gasteiger partial charge in [0.05, 0.1) is 12.1 Å². The zero-order valence-corrected chi connectivity index (χ0v) is 11.6. The summed E-state index contributed by atoms with van der Waals surface area (Å²) in [5.74, 6) is 0.0828. The molecule has 2 N–H and O–H groups in total. The first-order valence-corrected chi connectivity index (χ1v) is 6.44. The first-order chi connectivity index (χ1) is 9.02. The molecule has 100 valence electrons. The summed E-state index contributed by atoms with van der Waals surface area (Å²) in [5.41, 5.74) is 9.94. The number of Topliss-reactive ketones (excluding diaryl/α,β-unsaturated/α-hetero) is 1. The molecule has 2 rings (SSSR count). The van der Waals surface area contributed by atoms with Crippen LogP contribution in [-0.2, 0) is 13.0 Å². The number of hydrogen-bond donors (Lipinski definition) is 1. The molecule has 4 nitrogen and oxygen atoms in total. The molecule has 0 spiro atoms. The fraction of sp³-hybridized carbons (Fsp3) is 0.333. The molecule has 1 aromatic carbocycles. The first kappa shape index (κ1) is 13.3. The van der Waals surface area contributed by atoms with Crippen LogP contribution in [0.5, 0.6) is 0 Å². The van der Waals surface area contributed by atoms with Crippen LogP contribution in [0.1, 0.15) is 34.2 Å². The normalized spacial score (nSPS) is 10.7. The highest BCUT2D eigenvalue weighted by Gasteiger charge is 2.14. The SMILES string of the molecule is CCn1nc(C)cc1CC(=O)c1cccc(N)c1C. The Morgan fingerprint density at radius 2 is 2.11 bits per heavy atom. The van der Waals surface area contributed by atoms with Crippen molar-refractivity contribution in [3.05, 3.63) is 46.8 Å². The smallest absolute Gasteiger partial charge is 0.169 e. The maximum atomic E-state index is 12.4. The highest BCUT2D eigenvalue weighted by Crippen LogP contribution is 2.18. The van der Waals surface area contributed by atoms with Crippen LogP contribution >= 0.6 is 0 Å². The van der Waals surface area contributed by atoms with Crippen LogP contribution in [0.25, 0.3) is 0 Å². The molecule has 0 amide bonds. The summed E-state index contributed by atoms with van der Waals surface area (Å²) in [5, 5.41) is 4.36. The lowest BCUT2D eigenvalue weighted by molar-refractivity contribution is 0.0990. The molecular weight excluding hydrogens is 238 g/mol. The van der Waals surface area contributed by atoms with Crippen molar-refractivity contribution in [1.82, 2.24) is 9.78 Å². The molecule has 0 aliphatic carbocycles. The number of hydrogen-bond acceptors (Lipinski definition) is 3. The summed E-state index contributed by atoms with van der Waals surface area (Å²) >= 11 is 0. The van der Waals surface area contributed by atoms with Gasteiger partial charge in [-0.3, -0.25) is 9.48 Å². The fourth-order valence-corrected chi connectivity index (χ4v) is 2.23. The number of aryl methyl sites for hydroxylation is 2. The maximum Gasteiger partial charge on any atom is 0.169 e. The zero-order chi connectivity index (χ0) is 14.0. The first-order valence-electron chi connectivity index (χ1n) is 6.44. The largest absolute Gasteiger partial charge is 0.398 e. The van der Waals surface area contributed by atoms with Gasteiger partial charge in [-0.2, -0.15) is 5.10 Å². The predicted octanol–water partition coefficient (Wildman–Crippen LogP) is 2.53. The Labute approximate surface area is 113 Å². The molecule has 1 aromatic heterocycles. The van der Waals surface area contributed by atoms with Crippen LogP contribution in [0.4, 0.5) is 5.69 Å². The van der Waals surface area contributed by atoms with E-state index >= 15 is 0 Å². The van der Waals surface area contributed by atoms with Gasteiger partial charge in [-0.25, -0.2) is 0 Å². The van der Waals surface area contributed by atoms with E-state index in [1.54, 1.807) is 0 Å². The molecular formula is C15H19N3O. The van der Waals surface area contributed by atoms with Crippen molar-refractivity contribution in [3.8, 4) is 0 Å². The topological polar surface area (TPSA) is 60.9 Å². The van der Waals surface area contributed by atoms with Crippen molar-refractivity contribution < 1.29 is 4.79 Å². The fourth-order valence-electron chi connectivity index (χ4n) is 2.23. The summed E-state index contributed by atoms with van der Waals surface area (Å²) in [7, 11) is 0. The van der Waals surface area contributed by atoms with Crippen LogP contribution in [0, 0.1) is 13.8 Å². The molecule has 1 heterocycles. The lowest BCUT2D eigenvalue weighted by Gasteiger charge is -2.08. The Morgan fingerprint density at radius 3 is 2.79 bits per heavy atom. The molecule has 0 unspecified atom stereocenters. The van der Waals surface area contributed by atoms with Crippen LogP contribution in [0.3, 0.4) is 0 Å². The lowest BCUT2D eigenvalue weighted by Crippen LogP contribution is -2.11. The highest BCUT2D eigenvalue weighted by atomic mass is 16.1. The van der Waals surface area contributed by atoms with E-state index in [4.69, 9.17) is 5.73 Å². The van der Waals surface area contributed by atoms with E-state index in [2.05, 4.69) is 5.10 Å². The molecule has 2 aromatic rings. The van der Waals surface area contributed by atoms with Gasteiger partial charge in [0.15, 0.2) is 5.78 Å². The Morgan fingerprint density at radius 1 is 1.37 bits per heavy atom. The molecule has 0 aliphatic rings. The third kappa shape index (κ3) is 2.67. The van der Waals surface area contributed by atoms with Crippen LogP contribution < -0.4 is 5.73 Å². The zero-order valence-electron chi connectivity index (χ0n) is 11.6. The average molecular weight is 257 g/mol. The summed E-state index contributed by atoms with van der Waals surface area (Å²) < 4.78 is 1.87. The van der Waals surface area contributed by atoms with E-state index < -0.39 is 0 Å². The van der Waals surface area contributed by atoms with Crippen molar-refractivity contribution in [2.24, 2.45) is 0 Å². The van der Waals surface area contributed by atoms with Gasteiger partial charge in [0.1, 0.15) is 0 Å². The summed E-state index contributed by atoms with van der Waals surface area (Å²) in [6, 6.07) is 7.42. The van der Waals surface area contributed by atoms with Gasteiger partial charge in [0.2, 0.25) is 0 Å². The molecule has 4 heteroatoms. The van der Waals surface area contributed by atoms with Gasteiger partial charge in [-0.15, -0.1) is 0 Å². The molecule has 0 fully saturated rings. The Kier molecular flexibility index (Phi) is 3.69. The molecule has 0 bridgehead atoms. The number of aromatic nitrogens is 2. The standard InChI is InChI=1S/C15H19N3O/c1-4-18-12(8-10(2)17-18)9-15(19)13-6-5-7-14(16)11(13)3/h5-8H,4,9,16H2,1-3H3. The highest BCUT2D eigenvalue weighted by molar-refractivity contribution is 5.99. The second kappa shape index (κ2) is 5.26. The minimum atomic E-state index is 0.0828. The summed E-state index contributed by atoms with van der Waals surface area (Å²) in [6.07, 6.45) is 0.360. The van der Waals surface area contributed by atoms with Gasteiger partial charge in [-0.05, 0) is 38.5 Å². The van der Waals surface area contributed by atoms with E-state index in [0.717, 1.165) is 23.5 Å². The second-order valence-electron chi connectivity index (χ2n) is 4.71. The lowest BCUT2D eigenvalue weighted by atomic mass is 10.00. The van der Waals surface area contributed by atoms with Gasteiger partial charge in [0, 0.05) is 23.5 Å². The van der Waals surface area contributed by atoms with Crippen LogP contribution in [0.15, 0.2) is 24.3 Å². The summed E-state index contributed by atoms with van der Waals surface area (Å²) in [6.45, 7) is 6.61. The minimum Gasteiger partial charge on any atom is -0.398 e. The molecule has 0 saturated heterocycles. The van der Waals surface area contributed by atoms with Gasteiger partial charge in [0.25, 0.3) is 0 Å². The Hall–Kier alpha value is -2.10. The molecule has 0 aliphatic heterocycles. The second-order valence-corrected chi connectivity index (χ2v) is 4.71. The molecule has 19 heavy (non-hydrogen) atoms. The Bertz CT molecular complexity index is 614. The average Bonchev–Trinajstić information content (AvgIpc) is 2.72. The number of nitrogens with zero attached hydrogens (tertiary/aromatic N) is 2. The molecule has 0 radical (unpaired) electrons. The van der Waals surface area contributed by atoms with Crippen molar-refractivity contribution >= 4 is 11.5 Å². The third-order valence-electron chi connectivity index (χ3n) is 3.30. The van der Waals surface area contributed by atoms with Crippen LogP contribution in [0.2, 0.25) is 0 Å². The number of nitrogen functional groups attached to an aromatic ring is 1. The van der Waals surface area contributed by atoms with Gasteiger partial charge >= 0.3 is 0 Å². The molecule has 0 saturated carbocycles. The van der Waals surface area contributed by atoms with Gasteiger partial charge in [-0.1, -0.05) is 12.1 Å². The number of rotatable bonds is 4. The number of anilines is 1. The number of nitrogens with two attached hydrogens (primary N) is 1. The molecule has 0 atom stereocenters. The third-order valence-corrected chi connectivity index (χ3v) is 3.30. The predicted molar refractivity (Wildman–Crippen MR) is 76.3 cm³/mol. The van der Waals surface area contributed by atoms with Crippen molar-refractivity contribution in [1.29, 1.82) is 0 Å².